The molecule has 1 heterocycles. The van der Waals surface area contributed by atoms with Gasteiger partial charge in [-0.3, -0.25) is 9.59 Å². The van der Waals surface area contributed by atoms with Crippen molar-refractivity contribution in [3.05, 3.63) is 79.6 Å². The van der Waals surface area contributed by atoms with Gasteiger partial charge in [-0.15, -0.1) is 11.3 Å². The molecule has 0 aliphatic heterocycles. The quantitative estimate of drug-likeness (QED) is 0.526. The maximum absolute atomic E-state index is 12.5. The smallest absolute Gasteiger partial charge is 0.265 e. The van der Waals surface area contributed by atoms with Crippen LogP contribution in [0.15, 0.2) is 60.0 Å². The van der Waals surface area contributed by atoms with Crippen LogP contribution in [0.5, 0.6) is 0 Å². The van der Waals surface area contributed by atoms with Crippen LogP contribution in [0.2, 0.25) is 0 Å². The fourth-order valence-corrected chi connectivity index (χ4v) is 3.52. The minimum absolute atomic E-state index is 0.160. The van der Waals surface area contributed by atoms with Gasteiger partial charge in [0, 0.05) is 14.9 Å². The molecule has 0 fully saturated rings. The van der Waals surface area contributed by atoms with Crippen LogP contribution < -0.4 is 10.6 Å². The molecule has 0 bridgehead atoms. The minimum atomic E-state index is -0.171. The van der Waals surface area contributed by atoms with Crippen molar-refractivity contribution in [1.82, 2.24) is 0 Å². The lowest BCUT2D eigenvalue weighted by atomic mass is 10.1. The molecule has 2 amide bonds. The molecule has 0 spiro atoms. The van der Waals surface area contributed by atoms with Gasteiger partial charge in [-0.2, -0.15) is 0 Å². The van der Waals surface area contributed by atoms with Gasteiger partial charge in [0.1, 0.15) is 0 Å². The number of hydrogen-bond acceptors (Lipinski definition) is 3. The van der Waals surface area contributed by atoms with E-state index in [1.54, 1.807) is 36.4 Å². The SMILES string of the molecule is Cc1cccc(C(=O)Nc2cccc(NC(=O)c3cccs3)c2)c1I. The molecule has 0 atom stereocenters. The van der Waals surface area contributed by atoms with Crippen LogP contribution >= 0.6 is 33.9 Å². The predicted molar refractivity (Wildman–Crippen MR) is 111 cm³/mol. The second-order valence-corrected chi connectivity index (χ2v) is 7.43. The van der Waals surface area contributed by atoms with Crippen molar-refractivity contribution in [3.63, 3.8) is 0 Å². The molecule has 25 heavy (non-hydrogen) atoms. The molecule has 0 saturated carbocycles. The van der Waals surface area contributed by atoms with Crippen LogP contribution in [0.25, 0.3) is 0 Å². The Morgan fingerprint density at radius 2 is 1.60 bits per heavy atom. The van der Waals surface area contributed by atoms with Crippen LogP contribution in [0.1, 0.15) is 25.6 Å². The average Bonchev–Trinajstić information content (AvgIpc) is 3.12. The molecule has 0 radical (unpaired) electrons. The first-order valence-corrected chi connectivity index (χ1v) is 9.52. The molecule has 2 N–H and O–H groups in total. The minimum Gasteiger partial charge on any atom is -0.322 e. The van der Waals surface area contributed by atoms with E-state index in [0.717, 1.165) is 9.13 Å². The largest absolute Gasteiger partial charge is 0.322 e. The Morgan fingerprint density at radius 3 is 2.28 bits per heavy atom. The number of thiophene rings is 1. The van der Waals surface area contributed by atoms with E-state index in [2.05, 4.69) is 33.2 Å². The van der Waals surface area contributed by atoms with E-state index in [1.807, 2.05) is 30.5 Å². The monoisotopic (exact) mass is 462 g/mol. The molecule has 3 aromatic rings. The van der Waals surface area contributed by atoms with E-state index < -0.39 is 0 Å². The fourth-order valence-electron chi connectivity index (χ4n) is 2.30. The van der Waals surface area contributed by atoms with Crippen molar-refractivity contribution in [3.8, 4) is 0 Å². The highest BCUT2D eigenvalue weighted by molar-refractivity contribution is 14.1. The van der Waals surface area contributed by atoms with Gasteiger partial charge in [-0.1, -0.05) is 24.3 Å². The van der Waals surface area contributed by atoms with Crippen molar-refractivity contribution in [2.45, 2.75) is 6.92 Å². The Bertz CT molecular complexity index is 923. The summed E-state index contributed by atoms with van der Waals surface area (Å²) >= 11 is 3.56. The van der Waals surface area contributed by atoms with Crippen molar-refractivity contribution < 1.29 is 9.59 Å². The van der Waals surface area contributed by atoms with E-state index in [4.69, 9.17) is 0 Å². The van der Waals surface area contributed by atoms with Gasteiger partial charge in [0.25, 0.3) is 11.8 Å². The van der Waals surface area contributed by atoms with Crippen LogP contribution in [-0.4, -0.2) is 11.8 Å². The number of hydrogen-bond donors (Lipinski definition) is 2. The van der Waals surface area contributed by atoms with Gasteiger partial charge in [-0.25, -0.2) is 0 Å². The summed E-state index contributed by atoms with van der Waals surface area (Å²) in [6.07, 6.45) is 0. The molecule has 0 unspecified atom stereocenters. The zero-order valence-electron chi connectivity index (χ0n) is 13.4. The molecule has 4 nitrogen and oxygen atoms in total. The summed E-state index contributed by atoms with van der Waals surface area (Å²) in [5.74, 6) is -0.332. The molecule has 1 aromatic heterocycles. The third-order valence-electron chi connectivity index (χ3n) is 3.56. The second-order valence-electron chi connectivity index (χ2n) is 5.40. The first-order chi connectivity index (χ1) is 12.0. The molecule has 6 heteroatoms. The second kappa shape index (κ2) is 7.79. The van der Waals surface area contributed by atoms with E-state index in [0.29, 0.717) is 21.8 Å². The number of nitrogens with one attached hydrogen (secondary N) is 2. The summed E-state index contributed by atoms with van der Waals surface area (Å²) in [7, 11) is 0. The predicted octanol–water partition coefficient (Wildman–Crippen LogP) is 5.17. The highest BCUT2D eigenvalue weighted by Gasteiger charge is 2.12. The van der Waals surface area contributed by atoms with E-state index in [9.17, 15) is 9.59 Å². The van der Waals surface area contributed by atoms with Gasteiger partial charge in [0.15, 0.2) is 0 Å². The standard InChI is InChI=1S/C19H15IN2O2S/c1-12-5-2-8-15(17(12)20)18(23)21-13-6-3-7-14(11-13)22-19(24)16-9-4-10-25-16/h2-11H,1H3,(H,21,23)(H,22,24). The Labute approximate surface area is 163 Å². The summed E-state index contributed by atoms with van der Waals surface area (Å²) < 4.78 is 0.930. The lowest BCUT2D eigenvalue weighted by Gasteiger charge is -2.10. The first-order valence-electron chi connectivity index (χ1n) is 7.56. The zero-order chi connectivity index (χ0) is 17.8. The summed E-state index contributed by atoms with van der Waals surface area (Å²) in [6, 6.07) is 16.4. The number of amides is 2. The maximum Gasteiger partial charge on any atom is 0.265 e. The van der Waals surface area contributed by atoms with Crippen LogP contribution in [0.4, 0.5) is 11.4 Å². The maximum atomic E-state index is 12.5. The van der Waals surface area contributed by atoms with Gasteiger partial charge < -0.3 is 10.6 Å². The Hall–Kier alpha value is -2.19. The van der Waals surface area contributed by atoms with Crippen molar-refractivity contribution in [1.29, 1.82) is 0 Å². The third kappa shape index (κ3) is 4.26. The van der Waals surface area contributed by atoms with Crippen LogP contribution in [-0.2, 0) is 0 Å². The van der Waals surface area contributed by atoms with Gasteiger partial charge in [0.05, 0.1) is 10.4 Å². The van der Waals surface area contributed by atoms with Crippen molar-refractivity contribution in [2.75, 3.05) is 10.6 Å². The average molecular weight is 462 g/mol. The Kier molecular flexibility index (Phi) is 5.50. The Balaban J connectivity index is 1.74. The van der Waals surface area contributed by atoms with E-state index in [-0.39, 0.29) is 11.8 Å². The first kappa shape index (κ1) is 17.6. The highest BCUT2D eigenvalue weighted by Crippen LogP contribution is 2.21. The summed E-state index contributed by atoms with van der Waals surface area (Å²) in [5, 5.41) is 7.58. The molecule has 2 aromatic carbocycles. The van der Waals surface area contributed by atoms with Crippen LogP contribution in [0.3, 0.4) is 0 Å². The van der Waals surface area contributed by atoms with Gasteiger partial charge >= 0.3 is 0 Å². The Morgan fingerprint density at radius 1 is 0.920 bits per heavy atom. The number of anilines is 2. The lowest BCUT2D eigenvalue weighted by molar-refractivity contribution is 0.102. The topological polar surface area (TPSA) is 58.2 Å². The molecule has 0 aliphatic carbocycles. The fraction of sp³-hybridized carbons (Fsp3) is 0.0526. The van der Waals surface area contributed by atoms with Crippen LogP contribution in [0, 0.1) is 10.5 Å². The van der Waals surface area contributed by atoms with Crippen molar-refractivity contribution >= 4 is 57.1 Å². The third-order valence-corrected chi connectivity index (χ3v) is 5.86. The molecular formula is C19H15IN2O2S. The number of carbonyl (C=O) groups is 2. The van der Waals surface area contributed by atoms with E-state index >= 15 is 0 Å². The lowest BCUT2D eigenvalue weighted by Crippen LogP contribution is -2.14. The normalized spacial score (nSPS) is 10.3. The number of aryl methyl sites for hydroxylation is 1. The number of benzene rings is 2. The summed E-state index contributed by atoms with van der Waals surface area (Å²) in [6.45, 7) is 1.97. The number of rotatable bonds is 4. The summed E-state index contributed by atoms with van der Waals surface area (Å²) in [5.41, 5.74) is 2.96. The van der Waals surface area contributed by atoms with Gasteiger partial charge in [-0.05, 0) is 70.8 Å². The van der Waals surface area contributed by atoms with Crippen molar-refractivity contribution in [2.24, 2.45) is 0 Å². The number of carbonyl (C=O) groups excluding carboxylic acids is 2. The number of halogens is 1. The zero-order valence-corrected chi connectivity index (χ0v) is 16.4. The van der Waals surface area contributed by atoms with Gasteiger partial charge in [0.2, 0.25) is 0 Å². The molecule has 3 rings (SSSR count). The van der Waals surface area contributed by atoms with E-state index in [1.165, 1.54) is 11.3 Å². The highest BCUT2D eigenvalue weighted by atomic mass is 127. The molecule has 126 valence electrons. The molecule has 0 aliphatic rings. The molecular weight excluding hydrogens is 447 g/mol. The summed E-state index contributed by atoms with van der Waals surface area (Å²) in [4.78, 5) is 25.3. The molecule has 0 saturated heterocycles.